The maximum absolute atomic E-state index is 11.3. The van der Waals surface area contributed by atoms with Gasteiger partial charge in [0.1, 0.15) is 4.90 Å². The van der Waals surface area contributed by atoms with Crippen molar-refractivity contribution in [2.45, 2.75) is 43.5 Å². The summed E-state index contributed by atoms with van der Waals surface area (Å²) < 4.78 is 22.6. The lowest BCUT2D eigenvalue weighted by atomic mass is 9.86. The van der Waals surface area contributed by atoms with Crippen LogP contribution in [0, 0.1) is 5.92 Å². The number of hydrogen-bond acceptors (Lipinski definition) is 4. The van der Waals surface area contributed by atoms with Gasteiger partial charge in [0.2, 0.25) is 10.0 Å². The standard InChI is InChI=1S/C13H21N3O2S/c1-9-4-2-3-5-12(9)16-10-6-7-13(11(14)8-10)19(15,17)18/h6-9,12,16H,2-5,14H2,1H3,(H2,15,17,18). The lowest BCUT2D eigenvalue weighted by Crippen LogP contribution is -2.30. The van der Waals surface area contributed by atoms with E-state index in [0.717, 1.165) is 12.1 Å². The Hall–Kier alpha value is -1.27. The molecule has 1 aromatic rings. The van der Waals surface area contributed by atoms with Crippen molar-refractivity contribution >= 4 is 21.4 Å². The summed E-state index contributed by atoms with van der Waals surface area (Å²) in [5.74, 6) is 0.618. The number of sulfonamides is 1. The second-order valence-corrected chi connectivity index (χ2v) is 6.84. The molecule has 0 radical (unpaired) electrons. The fourth-order valence-corrected chi connectivity index (χ4v) is 3.29. The van der Waals surface area contributed by atoms with Crippen molar-refractivity contribution in [1.82, 2.24) is 0 Å². The molecule has 0 aromatic heterocycles. The summed E-state index contributed by atoms with van der Waals surface area (Å²) >= 11 is 0. The third kappa shape index (κ3) is 3.39. The molecule has 0 bridgehead atoms. The summed E-state index contributed by atoms with van der Waals surface area (Å²) in [4.78, 5) is -0.0188. The highest BCUT2D eigenvalue weighted by atomic mass is 32.2. The predicted molar refractivity (Wildman–Crippen MR) is 77.3 cm³/mol. The van der Waals surface area contributed by atoms with E-state index < -0.39 is 10.0 Å². The number of hydrogen-bond donors (Lipinski definition) is 3. The van der Waals surface area contributed by atoms with Gasteiger partial charge in [-0.15, -0.1) is 0 Å². The maximum Gasteiger partial charge on any atom is 0.240 e. The van der Waals surface area contributed by atoms with Crippen LogP contribution in [0.5, 0.6) is 0 Å². The molecule has 1 aliphatic rings. The molecule has 6 heteroatoms. The number of primary sulfonamides is 1. The summed E-state index contributed by atoms with van der Waals surface area (Å²) in [5.41, 5.74) is 6.79. The molecule has 5 N–H and O–H groups in total. The minimum Gasteiger partial charge on any atom is -0.398 e. The number of nitrogens with one attached hydrogen (secondary N) is 1. The van der Waals surface area contributed by atoms with Gasteiger partial charge in [0.05, 0.1) is 5.69 Å². The second kappa shape index (κ2) is 5.38. The van der Waals surface area contributed by atoms with Gasteiger partial charge in [-0.3, -0.25) is 0 Å². The van der Waals surface area contributed by atoms with Crippen LogP contribution in [0.15, 0.2) is 23.1 Å². The van der Waals surface area contributed by atoms with Crippen LogP contribution in [0.4, 0.5) is 11.4 Å². The number of rotatable bonds is 3. The molecule has 0 saturated heterocycles. The Morgan fingerprint density at radius 1 is 1.26 bits per heavy atom. The summed E-state index contributed by atoms with van der Waals surface area (Å²) in [7, 11) is -3.75. The van der Waals surface area contributed by atoms with Gasteiger partial charge < -0.3 is 11.1 Å². The van der Waals surface area contributed by atoms with E-state index >= 15 is 0 Å². The molecule has 1 aromatic carbocycles. The predicted octanol–water partition coefficient (Wildman–Crippen LogP) is 1.91. The quantitative estimate of drug-likeness (QED) is 0.738. The zero-order chi connectivity index (χ0) is 14.0. The fourth-order valence-electron chi connectivity index (χ4n) is 2.64. The molecule has 106 valence electrons. The molecule has 1 fully saturated rings. The lowest BCUT2D eigenvalue weighted by Gasteiger charge is -2.30. The van der Waals surface area contributed by atoms with Crippen LogP contribution in [0.2, 0.25) is 0 Å². The minimum atomic E-state index is -3.75. The summed E-state index contributed by atoms with van der Waals surface area (Å²) in [5, 5.41) is 8.52. The fraction of sp³-hybridized carbons (Fsp3) is 0.538. The van der Waals surface area contributed by atoms with Crippen LogP contribution in [-0.2, 0) is 10.0 Å². The number of nitrogens with two attached hydrogens (primary N) is 2. The summed E-state index contributed by atoms with van der Waals surface area (Å²) in [6.07, 6.45) is 4.87. The average molecular weight is 283 g/mol. The molecule has 5 nitrogen and oxygen atoms in total. The van der Waals surface area contributed by atoms with E-state index in [-0.39, 0.29) is 10.6 Å². The van der Waals surface area contributed by atoms with Crippen LogP contribution in [0.25, 0.3) is 0 Å². The molecule has 2 atom stereocenters. The number of benzene rings is 1. The first-order valence-electron chi connectivity index (χ1n) is 6.57. The van der Waals surface area contributed by atoms with Crippen LogP contribution < -0.4 is 16.2 Å². The van der Waals surface area contributed by atoms with Crippen LogP contribution in [0.3, 0.4) is 0 Å². The highest BCUT2D eigenvalue weighted by molar-refractivity contribution is 7.89. The Bertz CT molecular complexity index is 557. The molecule has 2 unspecified atom stereocenters. The Morgan fingerprint density at radius 2 is 1.95 bits per heavy atom. The molecule has 1 aliphatic carbocycles. The highest BCUT2D eigenvalue weighted by Gasteiger charge is 2.21. The molecule has 0 heterocycles. The van der Waals surface area contributed by atoms with Crippen molar-refractivity contribution < 1.29 is 8.42 Å². The smallest absolute Gasteiger partial charge is 0.240 e. The molecular weight excluding hydrogens is 262 g/mol. The van der Waals surface area contributed by atoms with Gasteiger partial charge in [0, 0.05) is 11.7 Å². The van der Waals surface area contributed by atoms with Crippen LogP contribution >= 0.6 is 0 Å². The Balaban J connectivity index is 2.16. The first-order chi connectivity index (χ1) is 8.88. The van der Waals surface area contributed by atoms with Crippen molar-refractivity contribution in [3.8, 4) is 0 Å². The highest BCUT2D eigenvalue weighted by Crippen LogP contribution is 2.28. The van der Waals surface area contributed by atoms with Gasteiger partial charge in [-0.1, -0.05) is 19.8 Å². The van der Waals surface area contributed by atoms with Gasteiger partial charge in [0.25, 0.3) is 0 Å². The topological polar surface area (TPSA) is 98.2 Å². The zero-order valence-electron chi connectivity index (χ0n) is 11.1. The van der Waals surface area contributed by atoms with E-state index in [9.17, 15) is 8.42 Å². The molecule has 0 amide bonds. The molecule has 19 heavy (non-hydrogen) atoms. The van der Waals surface area contributed by atoms with Gasteiger partial charge in [-0.25, -0.2) is 13.6 Å². The van der Waals surface area contributed by atoms with E-state index in [0.29, 0.717) is 12.0 Å². The Labute approximate surface area is 114 Å². The molecule has 0 aliphatic heterocycles. The summed E-state index contributed by atoms with van der Waals surface area (Å²) in [6, 6.07) is 5.24. The second-order valence-electron chi connectivity index (χ2n) is 5.31. The molecule has 2 rings (SSSR count). The monoisotopic (exact) mass is 283 g/mol. The molecule has 1 saturated carbocycles. The third-order valence-corrected chi connectivity index (χ3v) is 4.76. The van der Waals surface area contributed by atoms with Crippen molar-refractivity contribution in [3.05, 3.63) is 18.2 Å². The Morgan fingerprint density at radius 3 is 2.53 bits per heavy atom. The van der Waals surface area contributed by atoms with Crippen molar-refractivity contribution in [3.63, 3.8) is 0 Å². The van der Waals surface area contributed by atoms with E-state index in [4.69, 9.17) is 10.9 Å². The normalized spacial score (nSPS) is 24.1. The van der Waals surface area contributed by atoms with Gasteiger partial charge >= 0.3 is 0 Å². The minimum absolute atomic E-state index is 0.0188. The maximum atomic E-state index is 11.3. The summed E-state index contributed by atoms with van der Waals surface area (Å²) in [6.45, 7) is 2.24. The van der Waals surface area contributed by atoms with Gasteiger partial charge in [-0.05, 0) is 37.0 Å². The van der Waals surface area contributed by atoms with E-state index in [1.807, 2.05) is 0 Å². The first kappa shape index (κ1) is 14.1. The third-order valence-electron chi connectivity index (χ3n) is 3.78. The zero-order valence-corrected chi connectivity index (χ0v) is 11.9. The SMILES string of the molecule is CC1CCCCC1Nc1ccc(S(N)(=O)=O)c(N)c1. The van der Waals surface area contributed by atoms with Gasteiger partial charge in [-0.2, -0.15) is 0 Å². The van der Waals surface area contributed by atoms with Crippen molar-refractivity contribution in [1.29, 1.82) is 0 Å². The van der Waals surface area contributed by atoms with Gasteiger partial charge in [0.15, 0.2) is 0 Å². The molecule has 0 spiro atoms. The van der Waals surface area contributed by atoms with E-state index in [1.54, 1.807) is 12.1 Å². The number of nitrogen functional groups attached to an aromatic ring is 1. The lowest BCUT2D eigenvalue weighted by molar-refractivity contribution is 0.349. The van der Waals surface area contributed by atoms with Crippen molar-refractivity contribution in [2.75, 3.05) is 11.1 Å². The van der Waals surface area contributed by atoms with E-state index in [2.05, 4.69) is 12.2 Å². The average Bonchev–Trinajstić information content (AvgIpc) is 2.30. The van der Waals surface area contributed by atoms with Crippen LogP contribution in [0.1, 0.15) is 32.6 Å². The first-order valence-corrected chi connectivity index (χ1v) is 8.11. The number of anilines is 2. The van der Waals surface area contributed by atoms with E-state index in [1.165, 1.54) is 25.3 Å². The largest absolute Gasteiger partial charge is 0.398 e. The van der Waals surface area contributed by atoms with Crippen molar-refractivity contribution in [2.24, 2.45) is 11.1 Å². The molecular formula is C13H21N3O2S. The van der Waals surface area contributed by atoms with Crippen LogP contribution in [-0.4, -0.2) is 14.5 Å². The Kier molecular flexibility index (Phi) is 4.01.